The van der Waals surface area contributed by atoms with Crippen molar-refractivity contribution in [1.82, 2.24) is 15.5 Å². The van der Waals surface area contributed by atoms with Crippen LogP contribution >= 0.6 is 0 Å². The average molecular weight is 584 g/mol. The maximum absolute atomic E-state index is 13.6. The topological polar surface area (TPSA) is 125 Å². The molecule has 9 nitrogen and oxygen atoms in total. The van der Waals surface area contributed by atoms with Gasteiger partial charge in [0.05, 0.1) is 31.7 Å². The maximum atomic E-state index is 13.6. The molecule has 3 N–H and O–H groups in total. The van der Waals surface area contributed by atoms with E-state index in [0.717, 1.165) is 5.56 Å². The number of hydrogen-bond acceptors (Lipinski definition) is 6. The first-order valence-corrected chi connectivity index (χ1v) is 14.5. The highest BCUT2D eigenvalue weighted by atomic mass is 19.1. The molecule has 0 spiro atoms. The lowest BCUT2D eigenvalue weighted by molar-refractivity contribution is -0.144. The zero-order chi connectivity index (χ0) is 30.5. The van der Waals surface area contributed by atoms with Gasteiger partial charge < -0.3 is 20.5 Å². The van der Waals surface area contributed by atoms with Gasteiger partial charge in [-0.15, -0.1) is 0 Å². The first kappa shape index (κ1) is 32.9. The molecule has 0 aromatic heterocycles. The first-order chi connectivity index (χ1) is 20.1. The summed E-state index contributed by atoms with van der Waals surface area (Å²) in [6.07, 6.45) is 0.956. The molecule has 0 aliphatic carbocycles. The van der Waals surface area contributed by atoms with E-state index < -0.39 is 41.5 Å². The summed E-state index contributed by atoms with van der Waals surface area (Å²) >= 11 is 0. The van der Waals surface area contributed by atoms with Crippen molar-refractivity contribution in [2.45, 2.75) is 58.0 Å². The normalized spacial score (nSPS) is 15.9. The van der Waals surface area contributed by atoms with Crippen LogP contribution in [0.2, 0.25) is 0 Å². The molecule has 10 heteroatoms. The van der Waals surface area contributed by atoms with Gasteiger partial charge in [-0.3, -0.25) is 24.1 Å². The number of nitrogens with one attached hydrogen (secondary N) is 2. The predicted octanol–water partition coefficient (Wildman–Crippen LogP) is 3.01. The number of benzene rings is 2. The number of carbonyl (C=O) groups excluding carboxylic acids is 3. The minimum absolute atomic E-state index is 0.0401. The number of aryl methyl sites for hydroxylation is 1. The molecule has 1 aliphatic rings. The van der Waals surface area contributed by atoms with Crippen LogP contribution in [0, 0.1) is 17.7 Å². The van der Waals surface area contributed by atoms with E-state index in [9.17, 15) is 28.7 Å². The Morgan fingerprint density at radius 3 is 2.21 bits per heavy atom. The van der Waals surface area contributed by atoms with E-state index in [-0.39, 0.29) is 31.2 Å². The van der Waals surface area contributed by atoms with Crippen LogP contribution in [0.15, 0.2) is 54.6 Å². The molecule has 228 valence electrons. The van der Waals surface area contributed by atoms with E-state index in [1.54, 1.807) is 0 Å². The third kappa shape index (κ3) is 11.3. The summed E-state index contributed by atoms with van der Waals surface area (Å²) in [5, 5.41) is 15.5. The number of halogens is 1. The fourth-order valence-electron chi connectivity index (χ4n) is 4.98. The van der Waals surface area contributed by atoms with Gasteiger partial charge >= 0.3 is 5.97 Å². The molecule has 1 aliphatic heterocycles. The molecular weight excluding hydrogens is 541 g/mol. The van der Waals surface area contributed by atoms with Crippen LogP contribution in [-0.2, 0) is 36.8 Å². The van der Waals surface area contributed by atoms with Crippen LogP contribution < -0.4 is 10.6 Å². The molecular formula is C32H42FN3O6. The summed E-state index contributed by atoms with van der Waals surface area (Å²) in [7, 11) is 0. The molecule has 0 radical (unpaired) electrons. The van der Waals surface area contributed by atoms with Crippen LogP contribution in [0.5, 0.6) is 0 Å². The third-order valence-corrected chi connectivity index (χ3v) is 7.29. The summed E-state index contributed by atoms with van der Waals surface area (Å²) in [6.45, 7) is 6.30. The Bertz CT molecular complexity index is 1170. The van der Waals surface area contributed by atoms with E-state index in [2.05, 4.69) is 10.6 Å². The van der Waals surface area contributed by atoms with Crippen molar-refractivity contribution in [3.63, 3.8) is 0 Å². The van der Waals surface area contributed by atoms with Gasteiger partial charge in [-0.1, -0.05) is 56.3 Å². The van der Waals surface area contributed by atoms with Gasteiger partial charge in [-0.25, -0.2) is 4.39 Å². The lowest BCUT2D eigenvalue weighted by Crippen LogP contribution is -2.54. The van der Waals surface area contributed by atoms with Gasteiger partial charge in [0.2, 0.25) is 11.8 Å². The van der Waals surface area contributed by atoms with Crippen molar-refractivity contribution in [1.29, 1.82) is 0 Å². The smallest absolute Gasteiger partial charge is 0.307 e. The van der Waals surface area contributed by atoms with Gasteiger partial charge in [-0.2, -0.15) is 0 Å². The Balaban J connectivity index is 1.70. The highest BCUT2D eigenvalue weighted by Gasteiger charge is 2.31. The van der Waals surface area contributed by atoms with Crippen molar-refractivity contribution in [2.24, 2.45) is 11.8 Å². The molecule has 0 unspecified atom stereocenters. The number of aliphatic carboxylic acids is 1. The molecule has 42 heavy (non-hydrogen) atoms. The molecule has 1 fully saturated rings. The van der Waals surface area contributed by atoms with Crippen molar-refractivity contribution >= 4 is 23.6 Å². The number of carboxylic acid groups (broad SMARTS) is 1. The van der Waals surface area contributed by atoms with Gasteiger partial charge in [0.25, 0.3) is 0 Å². The van der Waals surface area contributed by atoms with Gasteiger partial charge in [-0.05, 0) is 54.9 Å². The number of nitrogens with zero attached hydrogens (tertiary/aromatic N) is 1. The minimum Gasteiger partial charge on any atom is -0.481 e. The van der Waals surface area contributed by atoms with Gasteiger partial charge in [0.1, 0.15) is 11.9 Å². The van der Waals surface area contributed by atoms with E-state index in [0.29, 0.717) is 51.1 Å². The Morgan fingerprint density at radius 2 is 1.60 bits per heavy atom. The lowest BCUT2D eigenvalue weighted by Gasteiger charge is -2.28. The number of carboxylic acids is 1. The number of carbonyl (C=O) groups is 4. The third-order valence-electron chi connectivity index (χ3n) is 7.29. The second kappa shape index (κ2) is 16.7. The monoisotopic (exact) mass is 583 g/mol. The van der Waals surface area contributed by atoms with Crippen molar-refractivity contribution in [3.05, 3.63) is 71.5 Å². The van der Waals surface area contributed by atoms with Crippen molar-refractivity contribution < 1.29 is 33.4 Å². The molecule has 3 rings (SSSR count). The van der Waals surface area contributed by atoms with E-state index in [1.165, 1.54) is 24.3 Å². The Kier molecular flexibility index (Phi) is 13.1. The summed E-state index contributed by atoms with van der Waals surface area (Å²) < 4.78 is 18.7. The average Bonchev–Trinajstić information content (AvgIpc) is 2.96. The largest absolute Gasteiger partial charge is 0.481 e. The first-order valence-electron chi connectivity index (χ1n) is 14.5. The molecule has 2 amide bonds. The Morgan fingerprint density at radius 1 is 0.929 bits per heavy atom. The zero-order valence-electron chi connectivity index (χ0n) is 24.4. The number of ether oxygens (including phenoxy) is 1. The van der Waals surface area contributed by atoms with Crippen molar-refractivity contribution in [2.75, 3.05) is 32.8 Å². The quantitative estimate of drug-likeness (QED) is 0.278. The number of morpholine rings is 1. The van der Waals surface area contributed by atoms with Crippen LogP contribution in [0.4, 0.5) is 4.39 Å². The predicted molar refractivity (Wildman–Crippen MR) is 156 cm³/mol. The molecule has 1 heterocycles. The van der Waals surface area contributed by atoms with E-state index >= 15 is 0 Å². The molecule has 1 saturated heterocycles. The molecule has 0 bridgehead atoms. The highest BCUT2D eigenvalue weighted by Crippen LogP contribution is 2.18. The summed E-state index contributed by atoms with van der Waals surface area (Å²) in [6, 6.07) is 13.3. The summed E-state index contributed by atoms with van der Waals surface area (Å²) in [4.78, 5) is 53.9. The maximum Gasteiger partial charge on any atom is 0.307 e. The van der Waals surface area contributed by atoms with Crippen LogP contribution in [0.1, 0.15) is 44.2 Å². The molecule has 0 saturated carbocycles. The van der Waals surface area contributed by atoms with Gasteiger partial charge in [0, 0.05) is 19.5 Å². The second-order valence-corrected chi connectivity index (χ2v) is 11.3. The summed E-state index contributed by atoms with van der Waals surface area (Å²) in [5.74, 6) is -3.73. The van der Waals surface area contributed by atoms with Crippen molar-refractivity contribution in [3.8, 4) is 0 Å². The highest BCUT2D eigenvalue weighted by molar-refractivity contribution is 5.94. The van der Waals surface area contributed by atoms with E-state index in [4.69, 9.17) is 4.74 Å². The number of hydrogen-bond donors (Lipinski definition) is 3. The molecule has 3 atom stereocenters. The standard InChI is InChI=1S/C32H42FN3O6/c1-22(2)18-28(29(37)20-25(32(40)41)19-24-8-11-26(33)12-9-24)35-31(39)27(13-10-23-6-4-3-5-7-23)34-30(38)21-36-14-16-42-17-15-36/h3-9,11-12,22,25,27-28H,10,13-21H2,1-2H3,(H,34,38)(H,35,39)(H,40,41)/t25-,27+,28+/m1/s1. The van der Waals surface area contributed by atoms with Crippen LogP contribution in [0.25, 0.3) is 0 Å². The molecule has 2 aromatic rings. The fourth-order valence-corrected chi connectivity index (χ4v) is 4.98. The SMILES string of the molecule is CC(C)C[C@H](NC(=O)[C@H](CCc1ccccc1)NC(=O)CN1CCOCC1)C(=O)C[C@@H](Cc1ccc(F)cc1)C(=O)O. The fraction of sp³-hybridized carbons (Fsp3) is 0.500. The minimum atomic E-state index is -1.14. The summed E-state index contributed by atoms with van der Waals surface area (Å²) in [5.41, 5.74) is 1.61. The number of amides is 2. The van der Waals surface area contributed by atoms with Gasteiger partial charge in [0.15, 0.2) is 5.78 Å². The Hall–Kier alpha value is -3.63. The second-order valence-electron chi connectivity index (χ2n) is 11.3. The lowest BCUT2D eigenvalue weighted by atomic mass is 9.89. The number of rotatable bonds is 16. The Labute approximate surface area is 246 Å². The van der Waals surface area contributed by atoms with E-state index in [1.807, 2.05) is 49.1 Å². The van der Waals surface area contributed by atoms with Crippen LogP contribution in [0.3, 0.4) is 0 Å². The van der Waals surface area contributed by atoms with Crippen LogP contribution in [-0.4, -0.2) is 78.5 Å². The number of ketones is 1. The number of Topliss-reactive ketones (excluding diaryl/α,β-unsaturated/α-hetero) is 1. The molecule has 2 aromatic carbocycles. The zero-order valence-corrected chi connectivity index (χ0v) is 24.4.